The molecule has 2 aromatic rings. The molecule has 0 fully saturated rings. The highest BCUT2D eigenvalue weighted by molar-refractivity contribution is 5.87. The number of amides is 2. The van der Waals surface area contributed by atoms with Crippen LogP contribution in [0.4, 0.5) is 0 Å². The summed E-state index contributed by atoms with van der Waals surface area (Å²) in [7, 11) is 0. The number of nitrogens with one attached hydrogen (secondary N) is 1. The summed E-state index contributed by atoms with van der Waals surface area (Å²) in [6, 6.07) is 13.2. The van der Waals surface area contributed by atoms with E-state index in [0.29, 0.717) is 18.8 Å². The molecule has 1 N–H and O–H groups in total. The Morgan fingerprint density at radius 1 is 1.07 bits per heavy atom. The average Bonchev–Trinajstić information content (AvgIpc) is 2.71. The van der Waals surface area contributed by atoms with Gasteiger partial charge in [0.05, 0.1) is 0 Å². The van der Waals surface area contributed by atoms with Gasteiger partial charge in [-0.3, -0.25) is 9.59 Å². The first-order valence-electron chi connectivity index (χ1n) is 10.1. The summed E-state index contributed by atoms with van der Waals surface area (Å²) in [5.41, 5.74) is 4.25. The quantitative estimate of drug-likeness (QED) is 0.699. The standard InChI is InChI=1S/C24H32N2O3/c1-6-14-25-24(28)20(5)26(15-21-12-10-17(2)11-13-21)23(27)16-29-22-9-7-8-18(3)19(22)4/h7-13,20H,6,14-16H2,1-5H3,(H,25,28). The second-order valence-corrected chi connectivity index (χ2v) is 7.46. The molecule has 156 valence electrons. The van der Waals surface area contributed by atoms with Crippen LogP contribution >= 0.6 is 0 Å². The molecule has 2 rings (SSSR count). The van der Waals surface area contributed by atoms with Crippen LogP contribution in [-0.2, 0) is 16.1 Å². The number of benzene rings is 2. The van der Waals surface area contributed by atoms with E-state index in [4.69, 9.17) is 4.74 Å². The molecule has 1 unspecified atom stereocenters. The van der Waals surface area contributed by atoms with Crippen molar-refractivity contribution in [2.24, 2.45) is 0 Å². The van der Waals surface area contributed by atoms with Gasteiger partial charge < -0.3 is 15.0 Å². The van der Waals surface area contributed by atoms with Crippen molar-refractivity contribution in [3.05, 3.63) is 64.7 Å². The molecule has 5 nitrogen and oxygen atoms in total. The lowest BCUT2D eigenvalue weighted by molar-refractivity contribution is -0.142. The van der Waals surface area contributed by atoms with Crippen molar-refractivity contribution >= 4 is 11.8 Å². The predicted molar refractivity (Wildman–Crippen MR) is 116 cm³/mol. The Labute approximate surface area is 174 Å². The second kappa shape index (κ2) is 10.6. The molecule has 0 saturated heterocycles. The normalized spacial score (nSPS) is 11.6. The molecule has 0 aliphatic heterocycles. The van der Waals surface area contributed by atoms with Gasteiger partial charge in [0.25, 0.3) is 5.91 Å². The van der Waals surface area contributed by atoms with Crippen LogP contribution in [0.2, 0.25) is 0 Å². The van der Waals surface area contributed by atoms with Crippen molar-refractivity contribution < 1.29 is 14.3 Å². The minimum Gasteiger partial charge on any atom is -0.483 e. The summed E-state index contributed by atoms with van der Waals surface area (Å²) < 4.78 is 5.81. The summed E-state index contributed by atoms with van der Waals surface area (Å²) >= 11 is 0. The van der Waals surface area contributed by atoms with Crippen LogP contribution in [0.5, 0.6) is 5.75 Å². The summed E-state index contributed by atoms with van der Waals surface area (Å²) in [4.78, 5) is 27.1. The number of carbonyl (C=O) groups excluding carboxylic acids is 2. The molecule has 0 aliphatic carbocycles. The van der Waals surface area contributed by atoms with Crippen LogP contribution < -0.4 is 10.1 Å². The fraction of sp³-hybridized carbons (Fsp3) is 0.417. The number of rotatable bonds is 9. The average molecular weight is 397 g/mol. The van der Waals surface area contributed by atoms with Crippen molar-refractivity contribution in [2.45, 2.75) is 53.6 Å². The van der Waals surface area contributed by atoms with Crippen LogP contribution in [0.25, 0.3) is 0 Å². The molecule has 5 heteroatoms. The van der Waals surface area contributed by atoms with Gasteiger partial charge >= 0.3 is 0 Å². The fourth-order valence-electron chi connectivity index (χ4n) is 2.97. The molecule has 1 atom stereocenters. The van der Waals surface area contributed by atoms with E-state index < -0.39 is 6.04 Å². The highest BCUT2D eigenvalue weighted by Crippen LogP contribution is 2.21. The van der Waals surface area contributed by atoms with Crippen molar-refractivity contribution in [1.29, 1.82) is 0 Å². The van der Waals surface area contributed by atoms with E-state index in [2.05, 4.69) is 5.32 Å². The van der Waals surface area contributed by atoms with E-state index in [1.54, 1.807) is 11.8 Å². The van der Waals surface area contributed by atoms with Gasteiger partial charge in [0.2, 0.25) is 5.91 Å². The molecule has 0 saturated carbocycles. The van der Waals surface area contributed by atoms with E-state index in [1.165, 1.54) is 0 Å². The zero-order chi connectivity index (χ0) is 21.4. The third kappa shape index (κ3) is 6.34. The summed E-state index contributed by atoms with van der Waals surface area (Å²) in [6.45, 7) is 10.6. The van der Waals surface area contributed by atoms with Crippen LogP contribution in [0, 0.1) is 20.8 Å². The molecular formula is C24H32N2O3. The maximum atomic E-state index is 13.0. The predicted octanol–water partition coefficient (Wildman–Crippen LogP) is 3.93. The molecule has 0 aliphatic rings. The SMILES string of the molecule is CCCNC(=O)C(C)N(Cc1ccc(C)cc1)C(=O)COc1cccc(C)c1C. The zero-order valence-corrected chi connectivity index (χ0v) is 18.1. The maximum absolute atomic E-state index is 13.0. The summed E-state index contributed by atoms with van der Waals surface area (Å²) in [5.74, 6) is 0.321. The van der Waals surface area contributed by atoms with Gasteiger partial charge in [-0.2, -0.15) is 0 Å². The molecule has 0 heterocycles. The molecule has 0 radical (unpaired) electrons. The largest absolute Gasteiger partial charge is 0.483 e. The third-order valence-corrected chi connectivity index (χ3v) is 5.10. The topological polar surface area (TPSA) is 58.6 Å². The van der Waals surface area contributed by atoms with E-state index in [0.717, 1.165) is 28.7 Å². The minimum absolute atomic E-state index is 0.110. The van der Waals surface area contributed by atoms with Gasteiger partial charge in [0, 0.05) is 13.1 Å². The van der Waals surface area contributed by atoms with Crippen LogP contribution in [0.15, 0.2) is 42.5 Å². The first-order valence-corrected chi connectivity index (χ1v) is 10.1. The molecule has 0 bridgehead atoms. The van der Waals surface area contributed by atoms with Crippen molar-refractivity contribution in [1.82, 2.24) is 10.2 Å². The van der Waals surface area contributed by atoms with Gasteiger partial charge in [-0.1, -0.05) is 48.9 Å². The molecule has 29 heavy (non-hydrogen) atoms. The zero-order valence-electron chi connectivity index (χ0n) is 18.1. The number of ether oxygens (including phenoxy) is 1. The first-order chi connectivity index (χ1) is 13.8. The number of carbonyl (C=O) groups is 2. The molecule has 0 aromatic heterocycles. The first kappa shape index (κ1) is 22.5. The van der Waals surface area contributed by atoms with E-state index in [9.17, 15) is 9.59 Å². The monoisotopic (exact) mass is 396 g/mol. The minimum atomic E-state index is -0.586. The highest BCUT2D eigenvalue weighted by atomic mass is 16.5. The lowest BCUT2D eigenvalue weighted by atomic mass is 10.1. The van der Waals surface area contributed by atoms with Crippen molar-refractivity contribution in [3.8, 4) is 5.75 Å². The smallest absolute Gasteiger partial charge is 0.261 e. The third-order valence-electron chi connectivity index (χ3n) is 5.10. The van der Waals surface area contributed by atoms with Gasteiger partial charge in [-0.15, -0.1) is 0 Å². The Morgan fingerprint density at radius 2 is 1.76 bits per heavy atom. The van der Waals surface area contributed by atoms with E-state index >= 15 is 0 Å². The Kier molecular flexibility index (Phi) is 8.25. The number of hydrogen-bond donors (Lipinski definition) is 1. The number of aryl methyl sites for hydroxylation is 2. The number of nitrogens with zero attached hydrogens (tertiary/aromatic N) is 1. The van der Waals surface area contributed by atoms with Crippen LogP contribution in [0.3, 0.4) is 0 Å². The molecular weight excluding hydrogens is 364 g/mol. The summed E-state index contributed by atoms with van der Waals surface area (Å²) in [6.07, 6.45) is 0.847. The van der Waals surface area contributed by atoms with Crippen LogP contribution in [0.1, 0.15) is 42.5 Å². The molecule has 2 aromatic carbocycles. The van der Waals surface area contributed by atoms with Gasteiger partial charge in [-0.25, -0.2) is 0 Å². The Bertz CT molecular complexity index is 831. The fourth-order valence-corrected chi connectivity index (χ4v) is 2.97. The Morgan fingerprint density at radius 3 is 2.41 bits per heavy atom. The second-order valence-electron chi connectivity index (χ2n) is 7.46. The van der Waals surface area contributed by atoms with Gasteiger partial charge in [0.1, 0.15) is 11.8 Å². The van der Waals surface area contributed by atoms with Gasteiger partial charge in [-0.05, 0) is 56.9 Å². The van der Waals surface area contributed by atoms with E-state index in [-0.39, 0.29) is 18.4 Å². The van der Waals surface area contributed by atoms with Crippen LogP contribution in [-0.4, -0.2) is 35.9 Å². The maximum Gasteiger partial charge on any atom is 0.261 e. The van der Waals surface area contributed by atoms with Crippen molar-refractivity contribution in [2.75, 3.05) is 13.2 Å². The molecule has 2 amide bonds. The van der Waals surface area contributed by atoms with Gasteiger partial charge in [0.15, 0.2) is 6.61 Å². The highest BCUT2D eigenvalue weighted by Gasteiger charge is 2.26. The van der Waals surface area contributed by atoms with E-state index in [1.807, 2.05) is 70.2 Å². The number of hydrogen-bond acceptors (Lipinski definition) is 3. The Hall–Kier alpha value is -2.82. The lowest BCUT2D eigenvalue weighted by Crippen LogP contribution is -2.49. The lowest BCUT2D eigenvalue weighted by Gasteiger charge is -2.29. The summed E-state index contributed by atoms with van der Waals surface area (Å²) in [5, 5.41) is 2.88. The molecule has 0 spiro atoms. The van der Waals surface area contributed by atoms with Crippen molar-refractivity contribution in [3.63, 3.8) is 0 Å². The Balaban J connectivity index is 2.15.